The van der Waals surface area contributed by atoms with Crippen molar-refractivity contribution < 1.29 is 4.79 Å². The smallest absolute Gasteiger partial charge is 0.228 e. The van der Waals surface area contributed by atoms with Crippen LogP contribution in [0.2, 0.25) is 0 Å². The highest BCUT2D eigenvalue weighted by atomic mass is 35.5. The molecule has 82 valence electrons. The molecule has 1 atom stereocenters. The van der Waals surface area contributed by atoms with Gasteiger partial charge in [0.2, 0.25) is 5.24 Å². The molecule has 0 amide bonds. The number of halogens is 1. The summed E-state index contributed by atoms with van der Waals surface area (Å²) in [4.78, 5) is 11.1. The summed E-state index contributed by atoms with van der Waals surface area (Å²) in [6, 6.07) is 12.3. The monoisotopic (exact) mass is 232 g/mol. The summed E-state index contributed by atoms with van der Waals surface area (Å²) in [5.41, 5.74) is 2.21. The third-order valence-electron chi connectivity index (χ3n) is 2.86. The van der Waals surface area contributed by atoms with Gasteiger partial charge >= 0.3 is 0 Å². The van der Waals surface area contributed by atoms with Gasteiger partial charge in [0.05, 0.1) is 5.92 Å². The molecule has 0 fully saturated rings. The Labute approximate surface area is 100 Å². The minimum Gasteiger partial charge on any atom is -0.281 e. The zero-order valence-electron chi connectivity index (χ0n) is 9.33. The summed E-state index contributed by atoms with van der Waals surface area (Å²) in [5.74, 6) is -0.243. The van der Waals surface area contributed by atoms with E-state index in [1.54, 1.807) is 0 Å². The third-order valence-corrected chi connectivity index (χ3v) is 3.19. The van der Waals surface area contributed by atoms with Crippen LogP contribution >= 0.6 is 11.6 Å². The summed E-state index contributed by atoms with van der Waals surface area (Å²) in [6.07, 6.45) is 0. The first kappa shape index (κ1) is 11.2. The van der Waals surface area contributed by atoms with Gasteiger partial charge in [0.25, 0.3) is 0 Å². The fourth-order valence-electron chi connectivity index (χ4n) is 1.78. The minimum atomic E-state index is -0.313. The van der Waals surface area contributed by atoms with E-state index >= 15 is 0 Å². The Kier molecular flexibility index (Phi) is 2.97. The molecule has 2 aromatic rings. The van der Waals surface area contributed by atoms with Crippen molar-refractivity contribution in [2.24, 2.45) is 0 Å². The van der Waals surface area contributed by atoms with Crippen molar-refractivity contribution in [1.82, 2.24) is 0 Å². The van der Waals surface area contributed by atoms with Gasteiger partial charge in [-0.2, -0.15) is 0 Å². The van der Waals surface area contributed by atoms with Crippen LogP contribution in [0.1, 0.15) is 24.0 Å². The van der Waals surface area contributed by atoms with Gasteiger partial charge in [0, 0.05) is 0 Å². The Balaban J connectivity index is 2.52. The largest absolute Gasteiger partial charge is 0.281 e. The fraction of sp³-hybridized carbons (Fsp3) is 0.214. The van der Waals surface area contributed by atoms with Crippen molar-refractivity contribution in [3.8, 4) is 0 Å². The van der Waals surface area contributed by atoms with Gasteiger partial charge in [0.1, 0.15) is 0 Å². The van der Waals surface area contributed by atoms with Gasteiger partial charge in [-0.15, -0.1) is 0 Å². The highest BCUT2D eigenvalue weighted by molar-refractivity contribution is 6.64. The second-order valence-corrected chi connectivity index (χ2v) is 4.51. The summed E-state index contributed by atoms with van der Waals surface area (Å²) >= 11 is 5.50. The first-order chi connectivity index (χ1) is 7.58. The predicted octanol–water partition coefficient (Wildman–Crippen LogP) is 4.02. The SMILES string of the molecule is Cc1ccc2cc(C(C)C(=O)Cl)ccc2c1. The number of benzene rings is 2. The van der Waals surface area contributed by atoms with Crippen LogP contribution in [0.5, 0.6) is 0 Å². The lowest BCUT2D eigenvalue weighted by molar-refractivity contribution is -0.112. The maximum absolute atomic E-state index is 11.1. The summed E-state index contributed by atoms with van der Waals surface area (Å²) < 4.78 is 0. The van der Waals surface area contributed by atoms with E-state index in [0.717, 1.165) is 10.9 Å². The molecule has 0 aliphatic heterocycles. The van der Waals surface area contributed by atoms with Crippen molar-refractivity contribution in [2.75, 3.05) is 0 Å². The molecule has 2 heteroatoms. The lowest BCUT2D eigenvalue weighted by atomic mass is 9.98. The molecule has 1 unspecified atom stereocenters. The van der Waals surface area contributed by atoms with Crippen LogP contribution in [0.25, 0.3) is 10.8 Å². The Morgan fingerprint density at radius 1 is 1.12 bits per heavy atom. The molecule has 16 heavy (non-hydrogen) atoms. The normalized spacial score (nSPS) is 12.7. The molecule has 1 nitrogen and oxygen atoms in total. The Morgan fingerprint density at radius 2 is 1.75 bits per heavy atom. The average molecular weight is 233 g/mol. The van der Waals surface area contributed by atoms with Gasteiger partial charge in [-0.1, -0.05) is 48.9 Å². The third kappa shape index (κ3) is 2.10. The van der Waals surface area contributed by atoms with Crippen LogP contribution in [0.4, 0.5) is 0 Å². The highest BCUT2D eigenvalue weighted by Gasteiger charge is 2.12. The molecule has 0 saturated carbocycles. The van der Waals surface area contributed by atoms with Crippen molar-refractivity contribution in [2.45, 2.75) is 19.8 Å². The number of hydrogen-bond acceptors (Lipinski definition) is 1. The lowest BCUT2D eigenvalue weighted by Gasteiger charge is -2.08. The molecule has 0 heterocycles. The van der Waals surface area contributed by atoms with Gasteiger partial charge in [-0.25, -0.2) is 0 Å². The Hall–Kier alpha value is -1.34. The standard InChI is InChI=1S/C14H13ClO/c1-9-3-4-13-8-11(10(2)14(15)16)5-6-12(13)7-9/h3-8,10H,1-2H3. The number of hydrogen-bond donors (Lipinski definition) is 0. The lowest BCUT2D eigenvalue weighted by Crippen LogP contribution is -2.01. The topological polar surface area (TPSA) is 17.1 Å². The molecular formula is C14H13ClO. The Bertz CT molecular complexity index is 545. The summed E-state index contributed by atoms with van der Waals surface area (Å²) in [5, 5.41) is 2.03. The van der Waals surface area contributed by atoms with Crippen LogP contribution in [0, 0.1) is 6.92 Å². The molecule has 2 rings (SSSR count). The van der Waals surface area contributed by atoms with Crippen LogP contribution in [0.15, 0.2) is 36.4 Å². The second-order valence-electron chi connectivity index (χ2n) is 4.14. The number of rotatable bonds is 2. The molecule has 0 spiro atoms. The van der Waals surface area contributed by atoms with Crippen molar-refractivity contribution in [3.63, 3.8) is 0 Å². The summed E-state index contributed by atoms with van der Waals surface area (Å²) in [7, 11) is 0. The number of carbonyl (C=O) groups excluding carboxylic acids is 1. The van der Waals surface area contributed by atoms with Gasteiger partial charge in [-0.05, 0) is 34.9 Å². The number of aryl methyl sites for hydroxylation is 1. The van der Waals surface area contributed by atoms with E-state index < -0.39 is 0 Å². The van der Waals surface area contributed by atoms with E-state index in [9.17, 15) is 4.79 Å². The molecule has 0 saturated heterocycles. The fourth-order valence-corrected chi connectivity index (χ4v) is 1.91. The second kappa shape index (κ2) is 4.26. The van der Waals surface area contributed by atoms with E-state index in [4.69, 9.17) is 11.6 Å². The zero-order chi connectivity index (χ0) is 11.7. The van der Waals surface area contributed by atoms with E-state index in [0.29, 0.717) is 0 Å². The van der Waals surface area contributed by atoms with Gasteiger partial charge in [0.15, 0.2) is 0 Å². The van der Waals surface area contributed by atoms with Crippen molar-refractivity contribution >= 4 is 27.6 Å². The quantitative estimate of drug-likeness (QED) is 0.715. The van der Waals surface area contributed by atoms with Crippen LogP contribution in [-0.4, -0.2) is 5.24 Å². The first-order valence-corrected chi connectivity index (χ1v) is 5.65. The van der Waals surface area contributed by atoms with E-state index in [-0.39, 0.29) is 11.2 Å². The van der Waals surface area contributed by atoms with E-state index in [2.05, 4.69) is 25.1 Å². The van der Waals surface area contributed by atoms with Crippen LogP contribution < -0.4 is 0 Å². The molecule has 0 bridgehead atoms. The van der Waals surface area contributed by atoms with Gasteiger partial charge < -0.3 is 0 Å². The number of carbonyl (C=O) groups is 1. The molecule has 0 N–H and O–H groups in total. The maximum atomic E-state index is 11.1. The van der Waals surface area contributed by atoms with E-state index in [1.165, 1.54) is 10.9 Å². The predicted molar refractivity (Wildman–Crippen MR) is 68.0 cm³/mol. The average Bonchev–Trinajstić information content (AvgIpc) is 2.27. The van der Waals surface area contributed by atoms with Crippen LogP contribution in [-0.2, 0) is 4.79 Å². The molecular weight excluding hydrogens is 220 g/mol. The molecule has 0 aliphatic carbocycles. The van der Waals surface area contributed by atoms with Crippen molar-refractivity contribution in [1.29, 1.82) is 0 Å². The van der Waals surface area contributed by atoms with Crippen molar-refractivity contribution in [3.05, 3.63) is 47.5 Å². The molecule has 2 aromatic carbocycles. The molecule has 0 aromatic heterocycles. The Morgan fingerprint density at radius 3 is 2.44 bits per heavy atom. The van der Waals surface area contributed by atoms with E-state index in [1.807, 2.05) is 25.1 Å². The van der Waals surface area contributed by atoms with Crippen LogP contribution in [0.3, 0.4) is 0 Å². The van der Waals surface area contributed by atoms with Gasteiger partial charge in [-0.3, -0.25) is 4.79 Å². The highest BCUT2D eigenvalue weighted by Crippen LogP contribution is 2.23. The maximum Gasteiger partial charge on any atom is 0.228 e. The molecule has 0 radical (unpaired) electrons. The molecule has 0 aliphatic rings. The zero-order valence-corrected chi connectivity index (χ0v) is 10.1. The minimum absolute atomic E-state index is 0.243. The number of fused-ring (bicyclic) bond motifs is 1. The summed E-state index contributed by atoms with van der Waals surface area (Å²) in [6.45, 7) is 3.89. The first-order valence-electron chi connectivity index (χ1n) is 5.27.